The molecule has 2 amide bonds. The average molecular weight is 474 g/mol. The summed E-state index contributed by atoms with van der Waals surface area (Å²) in [6.07, 6.45) is 4.53. The van der Waals surface area contributed by atoms with Crippen LogP contribution in [0.15, 0.2) is 29.4 Å². The van der Waals surface area contributed by atoms with Gasteiger partial charge in [-0.05, 0) is 67.9 Å². The van der Waals surface area contributed by atoms with E-state index in [1.54, 1.807) is 7.11 Å². The molecule has 2 aromatic rings. The third-order valence-electron chi connectivity index (χ3n) is 8.54. The normalized spacial score (nSPS) is 32.7. The Morgan fingerprint density at radius 1 is 1.09 bits per heavy atom. The van der Waals surface area contributed by atoms with Gasteiger partial charge in [0.2, 0.25) is 11.8 Å². The molecule has 3 heterocycles. The Labute approximate surface area is 200 Å². The third-order valence-corrected chi connectivity index (χ3v) is 9.82. The molecular weight excluding hydrogens is 450 g/mol. The van der Waals surface area contributed by atoms with Crippen molar-refractivity contribution in [2.45, 2.75) is 38.2 Å². The fourth-order valence-electron chi connectivity index (χ4n) is 7.15. The van der Waals surface area contributed by atoms with E-state index in [4.69, 9.17) is 9.57 Å². The van der Waals surface area contributed by atoms with E-state index in [9.17, 15) is 14.9 Å². The number of nitrogens with zero attached hydrogens (tertiary/aromatic N) is 3. The van der Waals surface area contributed by atoms with Crippen molar-refractivity contribution in [2.75, 3.05) is 12.0 Å². The van der Waals surface area contributed by atoms with Gasteiger partial charge in [-0.25, -0.2) is 4.90 Å². The fraction of sp³-hybridized carbons (Fsp3) is 0.462. The number of rotatable bonds is 3. The Bertz CT molecular complexity index is 1310. The number of benzene rings is 1. The van der Waals surface area contributed by atoms with Gasteiger partial charge in [-0.2, -0.15) is 5.26 Å². The molecule has 0 radical (unpaired) electrons. The summed E-state index contributed by atoms with van der Waals surface area (Å²) in [5, 5.41) is 14.9. The number of aryl methyl sites for hydroxylation is 1. The number of thiophene rings is 1. The molecule has 1 aromatic heterocycles. The Balaban J connectivity index is 1.24. The number of carbonyl (C=O) groups excluding carboxylic acids is 2. The molecule has 6 atom stereocenters. The summed E-state index contributed by atoms with van der Waals surface area (Å²) in [5.74, 6) is -0.278. The maximum absolute atomic E-state index is 13.8. The van der Waals surface area contributed by atoms with Gasteiger partial charge in [0.15, 0.2) is 0 Å². The molecule has 7 rings (SSSR count). The molecule has 2 saturated carbocycles. The number of imide groups is 1. The zero-order valence-corrected chi connectivity index (χ0v) is 19.5. The molecule has 0 unspecified atom stereocenters. The first-order valence-electron chi connectivity index (χ1n) is 11.9. The third kappa shape index (κ3) is 2.48. The average Bonchev–Trinajstić information content (AvgIpc) is 3.65. The van der Waals surface area contributed by atoms with Crippen LogP contribution in [0.4, 0.5) is 5.00 Å². The predicted octanol–water partition coefficient (Wildman–Crippen LogP) is 3.68. The zero-order valence-electron chi connectivity index (χ0n) is 18.7. The molecule has 0 spiro atoms. The Morgan fingerprint density at radius 3 is 2.56 bits per heavy atom. The van der Waals surface area contributed by atoms with E-state index in [2.05, 4.69) is 11.2 Å². The molecule has 3 aliphatic carbocycles. The van der Waals surface area contributed by atoms with Gasteiger partial charge in [0.1, 0.15) is 22.9 Å². The van der Waals surface area contributed by atoms with Crippen molar-refractivity contribution in [1.82, 2.24) is 0 Å². The molecule has 1 aromatic carbocycles. The first kappa shape index (κ1) is 20.2. The number of methoxy groups -OCH3 is 1. The summed E-state index contributed by atoms with van der Waals surface area (Å²) in [7, 11) is 1.63. The van der Waals surface area contributed by atoms with Gasteiger partial charge >= 0.3 is 0 Å². The van der Waals surface area contributed by atoms with Crippen molar-refractivity contribution in [3.8, 4) is 11.8 Å². The van der Waals surface area contributed by atoms with Crippen LogP contribution in [0.5, 0.6) is 5.75 Å². The van der Waals surface area contributed by atoms with Gasteiger partial charge in [-0.15, -0.1) is 11.3 Å². The van der Waals surface area contributed by atoms with Crippen LogP contribution in [0.3, 0.4) is 0 Å². The van der Waals surface area contributed by atoms with Gasteiger partial charge in [0, 0.05) is 22.3 Å². The summed E-state index contributed by atoms with van der Waals surface area (Å²) in [4.78, 5) is 35.9. The molecule has 2 aliphatic heterocycles. The monoisotopic (exact) mass is 473 g/mol. The second-order valence-corrected chi connectivity index (χ2v) is 11.0. The highest BCUT2D eigenvalue weighted by molar-refractivity contribution is 7.17. The zero-order chi connectivity index (χ0) is 23.1. The highest BCUT2D eigenvalue weighted by Crippen LogP contribution is 2.62. The Morgan fingerprint density at radius 2 is 1.82 bits per heavy atom. The van der Waals surface area contributed by atoms with E-state index in [0.29, 0.717) is 10.6 Å². The topological polar surface area (TPSA) is 92.0 Å². The molecule has 172 valence electrons. The molecular formula is C26H23N3O4S. The van der Waals surface area contributed by atoms with Crippen LogP contribution in [-0.4, -0.2) is 30.7 Å². The van der Waals surface area contributed by atoms with E-state index in [-0.39, 0.29) is 47.5 Å². The maximum atomic E-state index is 13.8. The number of hydrogen-bond acceptors (Lipinski definition) is 7. The SMILES string of the molecule is COc1ccc(C2=NO[C@H]3[C@H]4C[C@@H]([C@@H]23)[C@@H]2C(=O)N(c3sc5c(c3C#N)CCCC5)C(=O)[C@H]42)cc1. The molecule has 0 N–H and O–H groups in total. The van der Waals surface area contributed by atoms with Crippen molar-refractivity contribution in [1.29, 1.82) is 5.26 Å². The molecule has 5 aliphatic rings. The lowest BCUT2D eigenvalue weighted by molar-refractivity contribution is -0.125. The first-order chi connectivity index (χ1) is 16.6. The van der Waals surface area contributed by atoms with Gasteiger partial charge in [-0.1, -0.05) is 5.16 Å². The predicted molar refractivity (Wildman–Crippen MR) is 125 cm³/mol. The highest BCUT2D eigenvalue weighted by Gasteiger charge is 2.70. The number of ether oxygens (including phenoxy) is 1. The molecule has 7 nitrogen and oxygen atoms in total. The molecule has 34 heavy (non-hydrogen) atoms. The van der Waals surface area contributed by atoms with Crippen molar-refractivity contribution >= 4 is 33.9 Å². The van der Waals surface area contributed by atoms with E-state index < -0.39 is 0 Å². The second kappa shape index (κ2) is 7.16. The Kier molecular flexibility index (Phi) is 4.26. The van der Waals surface area contributed by atoms with Crippen LogP contribution in [0.1, 0.15) is 40.8 Å². The van der Waals surface area contributed by atoms with E-state index >= 15 is 0 Å². The Hall–Kier alpha value is -3.18. The molecule has 2 bridgehead atoms. The molecule has 1 saturated heterocycles. The highest BCUT2D eigenvalue weighted by atomic mass is 32.1. The summed E-state index contributed by atoms with van der Waals surface area (Å²) in [6.45, 7) is 0. The van der Waals surface area contributed by atoms with Crippen LogP contribution in [0.25, 0.3) is 0 Å². The maximum Gasteiger partial charge on any atom is 0.238 e. The van der Waals surface area contributed by atoms with Crippen molar-refractivity contribution in [3.63, 3.8) is 0 Å². The van der Waals surface area contributed by atoms with Gasteiger partial charge in [0.05, 0.1) is 30.2 Å². The number of nitriles is 1. The van der Waals surface area contributed by atoms with Crippen LogP contribution >= 0.6 is 11.3 Å². The number of fused-ring (bicyclic) bond motifs is 9. The van der Waals surface area contributed by atoms with E-state index in [1.165, 1.54) is 16.2 Å². The fourth-order valence-corrected chi connectivity index (χ4v) is 8.50. The second-order valence-electron chi connectivity index (χ2n) is 9.93. The van der Waals surface area contributed by atoms with Crippen LogP contribution in [0, 0.1) is 40.9 Å². The summed E-state index contributed by atoms with van der Waals surface area (Å²) >= 11 is 1.47. The molecule has 8 heteroatoms. The standard InChI is InChI=1S/C26H23N3O4S/c1-32-13-8-6-12(7-9-13)22-21-15-10-16(23(21)33-28-22)20-19(15)24(30)29(25(20)31)26-17(11-27)14-4-2-3-5-18(14)34-26/h6-9,15-16,19-21,23H,2-5,10H2,1H3/t15-,16+,19+,20-,21+,23+/m1/s1. The number of carbonyl (C=O) groups is 2. The van der Waals surface area contributed by atoms with E-state index in [1.807, 2.05) is 24.3 Å². The summed E-state index contributed by atoms with van der Waals surface area (Å²) in [5.41, 5.74) is 3.40. The molecule has 3 fully saturated rings. The lowest BCUT2D eigenvalue weighted by Gasteiger charge is -2.29. The number of amides is 2. The van der Waals surface area contributed by atoms with Crippen molar-refractivity contribution in [3.05, 3.63) is 45.8 Å². The number of anilines is 1. The summed E-state index contributed by atoms with van der Waals surface area (Å²) in [6, 6.07) is 10.0. The smallest absolute Gasteiger partial charge is 0.238 e. The number of hydrogen-bond donors (Lipinski definition) is 0. The van der Waals surface area contributed by atoms with Gasteiger partial charge in [-0.3, -0.25) is 9.59 Å². The van der Waals surface area contributed by atoms with Gasteiger partial charge in [0.25, 0.3) is 0 Å². The van der Waals surface area contributed by atoms with Crippen LogP contribution in [-0.2, 0) is 27.3 Å². The van der Waals surface area contributed by atoms with Crippen LogP contribution in [0.2, 0.25) is 0 Å². The first-order valence-corrected chi connectivity index (χ1v) is 12.7. The lowest BCUT2D eigenvalue weighted by atomic mass is 9.71. The number of oxime groups is 1. The van der Waals surface area contributed by atoms with E-state index in [0.717, 1.165) is 59.6 Å². The quantitative estimate of drug-likeness (QED) is 0.634. The minimum atomic E-state index is -0.380. The van der Waals surface area contributed by atoms with Crippen molar-refractivity contribution < 1.29 is 19.2 Å². The largest absolute Gasteiger partial charge is 0.497 e. The lowest BCUT2D eigenvalue weighted by Crippen LogP contribution is -2.41. The minimum Gasteiger partial charge on any atom is -0.497 e. The van der Waals surface area contributed by atoms with Crippen LogP contribution < -0.4 is 9.64 Å². The van der Waals surface area contributed by atoms with Crippen molar-refractivity contribution in [2.24, 2.45) is 34.7 Å². The summed E-state index contributed by atoms with van der Waals surface area (Å²) < 4.78 is 5.27. The minimum absolute atomic E-state index is 0.00308. The van der Waals surface area contributed by atoms with Gasteiger partial charge < -0.3 is 9.57 Å².